The molecule has 0 fully saturated rings. The molecule has 78 valence electrons. The van der Waals surface area contributed by atoms with Gasteiger partial charge in [0, 0.05) is 9.94 Å². The first-order valence-electron chi connectivity index (χ1n) is 4.55. The van der Waals surface area contributed by atoms with Gasteiger partial charge in [0.05, 0.1) is 0 Å². The van der Waals surface area contributed by atoms with E-state index < -0.39 is 0 Å². The molecule has 0 aromatic rings. The molecule has 0 spiro atoms. The lowest BCUT2D eigenvalue weighted by molar-refractivity contribution is 0.485. The van der Waals surface area contributed by atoms with Gasteiger partial charge in [-0.2, -0.15) is 0 Å². The van der Waals surface area contributed by atoms with Crippen LogP contribution in [0.15, 0.2) is 9.94 Å². The van der Waals surface area contributed by atoms with Gasteiger partial charge in [-0.15, -0.1) is 11.8 Å². The Hall–Kier alpha value is 0.380. The van der Waals surface area contributed by atoms with Crippen LogP contribution >= 0.6 is 23.4 Å². The van der Waals surface area contributed by atoms with Gasteiger partial charge in [-0.1, -0.05) is 53.1 Å². The van der Waals surface area contributed by atoms with Gasteiger partial charge in [0.15, 0.2) is 0 Å². The van der Waals surface area contributed by atoms with E-state index in [1.165, 1.54) is 4.91 Å². The summed E-state index contributed by atoms with van der Waals surface area (Å²) in [5, 5.41) is 0.993. The molecule has 0 saturated carbocycles. The molecule has 0 N–H and O–H groups in total. The second-order valence-corrected chi connectivity index (χ2v) is 6.54. The lowest BCUT2D eigenvalue weighted by Crippen LogP contribution is -2.14. The predicted molar refractivity (Wildman–Crippen MR) is 65.3 cm³/mol. The van der Waals surface area contributed by atoms with Crippen LogP contribution in [-0.2, 0) is 0 Å². The molecule has 0 aliphatic heterocycles. The molecule has 0 aromatic heterocycles. The van der Waals surface area contributed by atoms with Gasteiger partial charge in [0.25, 0.3) is 0 Å². The van der Waals surface area contributed by atoms with E-state index in [2.05, 4.69) is 47.8 Å². The topological polar surface area (TPSA) is 0 Å². The molecule has 0 aliphatic rings. The quantitative estimate of drug-likeness (QED) is 0.606. The summed E-state index contributed by atoms with van der Waals surface area (Å²) in [6.07, 6.45) is 2.09. The van der Waals surface area contributed by atoms with E-state index >= 15 is 0 Å². The third kappa shape index (κ3) is 3.95. The van der Waals surface area contributed by atoms with Crippen molar-refractivity contribution in [3.63, 3.8) is 0 Å². The molecule has 0 radical (unpaired) electrons. The molecule has 0 saturated heterocycles. The van der Waals surface area contributed by atoms with Gasteiger partial charge in [-0.3, -0.25) is 0 Å². The summed E-state index contributed by atoms with van der Waals surface area (Å²) in [5.74, 6) is 0. The smallest absolute Gasteiger partial charge is 0.0334 e. The van der Waals surface area contributed by atoms with Crippen molar-refractivity contribution in [1.29, 1.82) is 0 Å². The Morgan fingerprint density at radius 2 is 1.31 bits per heavy atom. The maximum atomic E-state index is 6.37. The lowest BCUT2D eigenvalue weighted by atomic mass is 9.88. The highest BCUT2D eigenvalue weighted by Gasteiger charge is 2.26. The highest BCUT2D eigenvalue weighted by atomic mass is 35.5. The zero-order chi connectivity index (χ0) is 10.9. The van der Waals surface area contributed by atoms with Gasteiger partial charge in [0.1, 0.15) is 0 Å². The maximum absolute atomic E-state index is 6.37. The minimum absolute atomic E-state index is 0.0627. The van der Waals surface area contributed by atoms with Crippen LogP contribution < -0.4 is 0 Å². The molecule has 0 bridgehead atoms. The number of halogens is 1. The van der Waals surface area contributed by atoms with Gasteiger partial charge in [0.2, 0.25) is 0 Å². The zero-order valence-electron chi connectivity index (χ0n) is 9.79. The Morgan fingerprint density at radius 3 is 1.38 bits per heavy atom. The molecule has 0 aromatic carbocycles. The zero-order valence-corrected chi connectivity index (χ0v) is 11.4. The summed E-state index contributed by atoms with van der Waals surface area (Å²) in [7, 11) is 0. The van der Waals surface area contributed by atoms with Gasteiger partial charge in [-0.05, 0) is 17.1 Å². The molecule has 0 atom stereocenters. The van der Waals surface area contributed by atoms with E-state index in [0.29, 0.717) is 0 Å². The Balaban J connectivity index is 5.16. The first-order chi connectivity index (χ1) is 5.60. The van der Waals surface area contributed by atoms with Crippen molar-refractivity contribution >= 4 is 23.4 Å². The monoisotopic (exact) mass is 220 g/mol. The first-order valence-corrected chi connectivity index (χ1v) is 6.15. The largest absolute Gasteiger partial charge is 0.132 e. The van der Waals surface area contributed by atoms with E-state index in [0.717, 1.165) is 5.03 Å². The third-order valence-electron chi connectivity index (χ3n) is 1.74. The lowest BCUT2D eigenvalue weighted by Gasteiger charge is -2.28. The van der Waals surface area contributed by atoms with Crippen molar-refractivity contribution in [2.75, 3.05) is 6.26 Å². The van der Waals surface area contributed by atoms with E-state index in [-0.39, 0.29) is 10.8 Å². The Morgan fingerprint density at radius 1 is 0.923 bits per heavy atom. The molecule has 0 rings (SSSR count). The highest BCUT2D eigenvalue weighted by molar-refractivity contribution is 8.02. The summed E-state index contributed by atoms with van der Waals surface area (Å²) >= 11 is 8.13. The van der Waals surface area contributed by atoms with E-state index in [1.807, 2.05) is 0 Å². The van der Waals surface area contributed by atoms with Crippen LogP contribution in [-0.4, -0.2) is 6.26 Å². The van der Waals surface area contributed by atoms with E-state index in [4.69, 9.17) is 11.6 Å². The van der Waals surface area contributed by atoms with Crippen LogP contribution in [0, 0.1) is 10.8 Å². The Kier molecular flexibility index (Phi) is 4.39. The number of hydrogen-bond acceptors (Lipinski definition) is 1. The predicted octanol–water partition coefficient (Wildman–Crippen LogP) is 4.89. The van der Waals surface area contributed by atoms with Gasteiger partial charge < -0.3 is 0 Å². The minimum Gasteiger partial charge on any atom is -0.132 e. The van der Waals surface area contributed by atoms with Crippen LogP contribution in [0.4, 0.5) is 0 Å². The number of thioether (sulfide) groups is 1. The van der Waals surface area contributed by atoms with E-state index in [9.17, 15) is 0 Å². The van der Waals surface area contributed by atoms with Crippen LogP contribution in [0.3, 0.4) is 0 Å². The summed E-state index contributed by atoms with van der Waals surface area (Å²) in [4.78, 5) is 1.29. The second-order valence-electron chi connectivity index (χ2n) is 5.35. The average Bonchev–Trinajstić information content (AvgIpc) is 1.83. The van der Waals surface area contributed by atoms with Crippen molar-refractivity contribution in [2.24, 2.45) is 10.8 Å². The normalized spacial score (nSPS) is 15.7. The second kappa shape index (κ2) is 4.27. The maximum Gasteiger partial charge on any atom is 0.0334 e. The third-order valence-corrected chi connectivity index (χ3v) is 3.84. The summed E-state index contributed by atoms with van der Waals surface area (Å²) < 4.78 is 0. The van der Waals surface area contributed by atoms with Crippen molar-refractivity contribution in [2.45, 2.75) is 41.5 Å². The van der Waals surface area contributed by atoms with Crippen LogP contribution in [0.25, 0.3) is 0 Å². The van der Waals surface area contributed by atoms with Crippen LogP contribution in [0.1, 0.15) is 41.5 Å². The average molecular weight is 221 g/mol. The minimum atomic E-state index is 0.0627. The van der Waals surface area contributed by atoms with Crippen molar-refractivity contribution in [3.8, 4) is 0 Å². The molecule has 2 heteroatoms. The Labute approximate surface area is 92.1 Å². The first kappa shape index (κ1) is 13.4. The molecule has 0 unspecified atom stereocenters. The SMILES string of the molecule is CS/C(=C(/Cl)C(C)(C)C)C(C)(C)C. The molecular formula is C11H21ClS. The molecule has 0 heterocycles. The highest BCUT2D eigenvalue weighted by Crippen LogP contribution is 2.43. The van der Waals surface area contributed by atoms with E-state index in [1.54, 1.807) is 11.8 Å². The summed E-state index contributed by atoms with van der Waals surface area (Å²) in [5.41, 5.74) is 0.219. The molecule has 0 aliphatic carbocycles. The fourth-order valence-corrected chi connectivity index (χ4v) is 2.68. The molecule has 0 nitrogen and oxygen atoms in total. The number of rotatable bonds is 1. The van der Waals surface area contributed by atoms with Crippen LogP contribution in [0.5, 0.6) is 0 Å². The van der Waals surface area contributed by atoms with Crippen molar-refractivity contribution in [3.05, 3.63) is 9.94 Å². The Bertz CT molecular complexity index is 203. The van der Waals surface area contributed by atoms with Crippen molar-refractivity contribution in [1.82, 2.24) is 0 Å². The fourth-order valence-electron chi connectivity index (χ4n) is 1.07. The number of allylic oxidation sites excluding steroid dienone is 2. The van der Waals surface area contributed by atoms with Crippen LogP contribution in [0.2, 0.25) is 0 Å². The van der Waals surface area contributed by atoms with Gasteiger partial charge in [-0.25, -0.2) is 0 Å². The van der Waals surface area contributed by atoms with Gasteiger partial charge >= 0.3 is 0 Å². The molecular weight excluding hydrogens is 200 g/mol. The molecule has 13 heavy (non-hydrogen) atoms. The number of hydrogen-bond donors (Lipinski definition) is 0. The molecule has 0 amide bonds. The summed E-state index contributed by atoms with van der Waals surface area (Å²) in [6.45, 7) is 13.1. The summed E-state index contributed by atoms with van der Waals surface area (Å²) in [6, 6.07) is 0. The standard InChI is InChI=1S/C11H21ClS/c1-10(2,3)8(12)9(13-7)11(4,5)6/h1-7H3/b9-8+. The fraction of sp³-hybridized carbons (Fsp3) is 0.818. The van der Waals surface area contributed by atoms with Crippen molar-refractivity contribution < 1.29 is 0 Å².